The van der Waals surface area contributed by atoms with E-state index >= 15 is 0 Å². The Morgan fingerprint density at radius 2 is 2.20 bits per heavy atom. The van der Waals surface area contributed by atoms with Crippen LogP contribution in [0.25, 0.3) is 0 Å². The van der Waals surface area contributed by atoms with E-state index in [1.165, 1.54) is 0 Å². The predicted molar refractivity (Wildman–Crippen MR) is 53.2 cm³/mol. The maximum atomic E-state index is 11.2. The standard InChI is InChI=1S/C8H14N2O4S/c1-3-14-8(11)6-15(12,13)10-5-7(2)4-9/h7,10H,3,5-6H2,1-2H3. The number of sulfonamides is 1. The minimum Gasteiger partial charge on any atom is -0.465 e. The second kappa shape index (κ2) is 6.37. The van der Waals surface area contributed by atoms with E-state index in [0.717, 1.165) is 0 Å². The maximum absolute atomic E-state index is 11.2. The Kier molecular flexibility index (Phi) is 5.89. The molecule has 15 heavy (non-hydrogen) atoms. The number of carbonyl (C=O) groups is 1. The molecule has 6 nitrogen and oxygen atoms in total. The number of hydrogen-bond donors (Lipinski definition) is 1. The summed E-state index contributed by atoms with van der Waals surface area (Å²) in [6.45, 7) is 3.31. The SMILES string of the molecule is CCOC(=O)CS(=O)(=O)NCC(C)C#N. The molecule has 0 saturated heterocycles. The van der Waals surface area contributed by atoms with Crippen LogP contribution in [0, 0.1) is 17.2 Å². The average Bonchev–Trinajstić information content (AvgIpc) is 2.13. The highest BCUT2D eigenvalue weighted by molar-refractivity contribution is 7.90. The number of rotatable bonds is 6. The third-order valence-corrected chi connectivity index (χ3v) is 2.67. The van der Waals surface area contributed by atoms with Crippen molar-refractivity contribution in [1.29, 1.82) is 5.26 Å². The third kappa shape index (κ3) is 6.88. The first-order valence-electron chi connectivity index (χ1n) is 4.44. The van der Waals surface area contributed by atoms with Crippen molar-refractivity contribution in [1.82, 2.24) is 4.72 Å². The maximum Gasteiger partial charge on any atom is 0.322 e. The number of ether oxygens (including phenoxy) is 1. The van der Waals surface area contributed by atoms with Gasteiger partial charge in [0, 0.05) is 6.54 Å². The van der Waals surface area contributed by atoms with Crippen molar-refractivity contribution in [3.8, 4) is 6.07 Å². The van der Waals surface area contributed by atoms with Crippen molar-refractivity contribution in [3.05, 3.63) is 0 Å². The molecule has 1 N–H and O–H groups in total. The van der Waals surface area contributed by atoms with Gasteiger partial charge >= 0.3 is 5.97 Å². The summed E-state index contributed by atoms with van der Waals surface area (Å²) >= 11 is 0. The van der Waals surface area contributed by atoms with Crippen LogP contribution >= 0.6 is 0 Å². The third-order valence-electron chi connectivity index (χ3n) is 1.44. The van der Waals surface area contributed by atoms with Crippen molar-refractivity contribution in [2.24, 2.45) is 5.92 Å². The Morgan fingerprint density at radius 3 is 2.67 bits per heavy atom. The Morgan fingerprint density at radius 1 is 1.60 bits per heavy atom. The van der Waals surface area contributed by atoms with E-state index in [1.807, 2.05) is 6.07 Å². The van der Waals surface area contributed by atoms with Gasteiger partial charge in [-0.2, -0.15) is 5.26 Å². The van der Waals surface area contributed by atoms with Crippen molar-refractivity contribution >= 4 is 16.0 Å². The van der Waals surface area contributed by atoms with Crippen LogP contribution in [0.15, 0.2) is 0 Å². The molecule has 7 heteroatoms. The first kappa shape index (κ1) is 13.9. The number of carbonyl (C=O) groups excluding carboxylic acids is 1. The molecular weight excluding hydrogens is 220 g/mol. The lowest BCUT2D eigenvalue weighted by atomic mass is 10.2. The second-order valence-corrected chi connectivity index (χ2v) is 4.75. The smallest absolute Gasteiger partial charge is 0.322 e. The summed E-state index contributed by atoms with van der Waals surface area (Å²) in [4.78, 5) is 10.9. The number of nitriles is 1. The van der Waals surface area contributed by atoms with Gasteiger partial charge in [0.05, 0.1) is 18.6 Å². The fourth-order valence-corrected chi connectivity index (χ4v) is 1.71. The van der Waals surface area contributed by atoms with Crippen LogP contribution in [0.5, 0.6) is 0 Å². The molecule has 0 bridgehead atoms. The molecule has 0 aliphatic heterocycles. The Bertz CT molecular complexity index is 344. The minimum atomic E-state index is -3.68. The van der Waals surface area contributed by atoms with Gasteiger partial charge in [-0.25, -0.2) is 13.1 Å². The van der Waals surface area contributed by atoms with E-state index in [1.54, 1.807) is 13.8 Å². The van der Waals surface area contributed by atoms with Gasteiger partial charge in [-0.15, -0.1) is 0 Å². The lowest BCUT2D eigenvalue weighted by Gasteiger charge is -2.06. The molecule has 1 unspecified atom stereocenters. The summed E-state index contributed by atoms with van der Waals surface area (Å²) in [5.74, 6) is -1.93. The summed E-state index contributed by atoms with van der Waals surface area (Å²) in [6, 6.07) is 1.87. The Labute approximate surface area is 89.3 Å². The van der Waals surface area contributed by atoms with Crippen LogP contribution < -0.4 is 4.72 Å². The molecule has 0 radical (unpaired) electrons. The Balaban J connectivity index is 4.10. The van der Waals surface area contributed by atoms with Gasteiger partial charge in [0.1, 0.15) is 0 Å². The molecule has 0 aromatic rings. The summed E-state index contributed by atoms with van der Waals surface area (Å²) in [5, 5.41) is 8.42. The van der Waals surface area contributed by atoms with E-state index in [4.69, 9.17) is 5.26 Å². The van der Waals surface area contributed by atoms with Gasteiger partial charge in [0.25, 0.3) is 0 Å². The van der Waals surface area contributed by atoms with Crippen LogP contribution in [-0.2, 0) is 19.6 Å². The monoisotopic (exact) mass is 234 g/mol. The van der Waals surface area contributed by atoms with Crippen molar-refractivity contribution in [2.45, 2.75) is 13.8 Å². The van der Waals surface area contributed by atoms with Crippen LogP contribution in [0.4, 0.5) is 0 Å². The van der Waals surface area contributed by atoms with E-state index in [-0.39, 0.29) is 13.2 Å². The van der Waals surface area contributed by atoms with Gasteiger partial charge < -0.3 is 4.74 Å². The second-order valence-electron chi connectivity index (χ2n) is 2.94. The highest BCUT2D eigenvalue weighted by Crippen LogP contribution is 1.93. The highest BCUT2D eigenvalue weighted by atomic mass is 32.2. The fraction of sp³-hybridized carbons (Fsp3) is 0.750. The van der Waals surface area contributed by atoms with Gasteiger partial charge in [-0.3, -0.25) is 4.79 Å². The summed E-state index contributed by atoms with van der Waals surface area (Å²) < 4.78 is 29.1. The van der Waals surface area contributed by atoms with Crippen LogP contribution in [0.2, 0.25) is 0 Å². The first-order valence-corrected chi connectivity index (χ1v) is 6.09. The molecule has 0 aromatic heterocycles. The van der Waals surface area contributed by atoms with E-state index in [0.29, 0.717) is 0 Å². The predicted octanol–water partition coefficient (Wildman–Crippen LogP) is -0.371. The van der Waals surface area contributed by atoms with Crippen molar-refractivity contribution in [3.63, 3.8) is 0 Å². The number of esters is 1. The topological polar surface area (TPSA) is 96.3 Å². The van der Waals surface area contributed by atoms with Crippen LogP contribution in [0.3, 0.4) is 0 Å². The molecular formula is C8H14N2O4S. The molecule has 0 amide bonds. The van der Waals surface area contributed by atoms with E-state index in [2.05, 4.69) is 9.46 Å². The quantitative estimate of drug-likeness (QED) is 0.632. The van der Waals surface area contributed by atoms with Gasteiger partial charge in [-0.1, -0.05) is 0 Å². The molecule has 0 spiro atoms. The van der Waals surface area contributed by atoms with Crippen LogP contribution in [-0.4, -0.2) is 33.3 Å². The molecule has 0 saturated carbocycles. The molecule has 0 aliphatic carbocycles. The highest BCUT2D eigenvalue weighted by Gasteiger charge is 2.17. The van der Waals surface area contributed by atoms with Crippen molar-refractivity contribution < 1.29 is 17.9 Å². The molecule has 0 aliphatic rings. The molecule has 0 heterocycles. The number of hydrogen-bond acceptors (Lipinski definition) is 5. The zero-order valence-electron chi connectivity index (χ0n) is 8.69. The normalized spacial score (nSPS) is 12.9. The largest absolute Gasteiger partial charge is 0.465 e. The average molecular weight is 234 g/mol. The van der Waals surface area contributed by atoms with Gasteiger partial charge in [0.15, 0.2) is 5.75 Å². The lowest BCUT2D eigenvalue weighted by Crippen LogP contribution is -2.33. The zero-order chi connectivity index (χ0) is 11.9. The molecule has 0 aromatic carbocycles. The first-order chi connectivity index (χ1) is 6.91. The minimum absolute atomic E-state index is 0.00175. The number of nitrogens with one attached hydrogen (secondary N) is 1. The molecule has 0 fully saturated rings. The van der Waals surface area contributed by atoms with Gasteiger partial charge in [0.2, 0.25) is 10.0 Å². The summed E-state index contributed by atoms with van der Waals surface area (Å²) in [7, 11) is -3.68. The molecule has 86 valence electrons. The van der Waals surface area contributed by atoms with E-state index in [9.17, 15) is 13.2 Å². The number of nitrogens with zero attached hydrogens (tertiary/aromatic N) is 1. The summed E-state index contributed by atoms with van der Waals surface area (Å²) in [5.41, 5.74) is 0. The molecule has 0 rings (SSSR count). The summed E-state index contributed by atoms with van der Waals surface area (Å²) in [6.07, 6.45) is 0. The Hall–Kier alpha value is -1.13. The van der Waals surface area contributed by atoms with Crippen molar-refractivity contribution in [2.75, 3.05) is 18.9 Å². The zero-order valence-corrected chi connectivity index (χ0v) is 9.50. The van der Waals surface area contributed by atoms with E-state index < -0.39 is 27.7 Å². The fourth-order valence-electron chi connectivity index (χ4n) is 0.706. The molecule has 1 atom stereocenters. The van der Waals surface area contributed by atoms with Crippen LogP contribution in [0.1, 0.15) is 13.8 Å². The lowest BCUT2D eigenvalue weighted by molar-refractivity contribution is -0.139. The van der Waals surface area contributed by atoms with Gasteiger partial charge in [-0.05, 0) is 13.8 Å².